The highest BCUT2D eigenvalue weighted by Gasteiger charge is 2.05. The number of fused-ring (bicyclic) bond motifs is 1. The third-order valence-corrected chi connectivity index (χ3v) is 4.72. The van der Waals surface area contributed by atoms with E-state index in [-0.39, 0.29) is 0 Å². The molecule has 0 spiro atoms. The van der Waals surface area contributed by atoms with Gasteiger partial charge in [0.25, 0.3) is 0 Å². The summed E-state index contributed by atoms with van der Waals surface area (Å²) < 4.78 is 5.82. The second-order valence-corrected chi connectivity index (χ2v) is 6.86. The van der Waals surface area contributed by atoms with Gasteiger partial charge >= 0.3 is 0 Å². The number of azo groups is 1. The minimum Gasteiger partial charge on any atom is -0.489 e. The van der Waals surface area contributed by atoms with E-state index >= 15 is 0 Å². The van der Waals surface area contributed by atoms with E-state index in [0.29, 0.717) is 13.2 Å². The molecule has 0 saturated carbocycles. The maximum atomic E-state index is 5.82. The summed E-state index contributed by atoms with van der Waals surface area (Å²) in [6.07, 6.45) is 0. The first-order valence-corrected chi connectivity index (χ1v) is 9.98. The number of nitrogens with one attached hydrogen (secondary N) is 1. The molecule has 0 saturated heterocycles. The van der Waals surface area contributed by atoms with Crippen LogP contribution in [0, 0.1) is 0 Å². The number of nitrogens with zero attached hydrogens (tertiary/aromatic N) is 2. The maximum Gasteiger partial charge on any atom is 0.119 e. The van der Waals surface area contributed by atoms with E-state index in [1.54, 1.807) is 0 Å². The molecule has 0 bridgehead atoms. The lowest BCUT2D eigenvalue weighted by molar-refractivity contribution is 0.306. The molecule has 150 valence electrons. The van der Waals surface area contributed by atoms with Crippen LogP contribution in [-0.4, -0.2) is 13.1 Å². The van der Waals surface area contributed by atoms with E-state index in [9.17, 15) is 0 Å². The van der Waals surface area contributed by atoms with Gasteiger partial charge in [0.1, 0.15) is 12.4 Å². The zero-order valence-electron chi connectivity index (χ0n) is 16.7. The zero-order valence-corrected chi connectivity index (χ0v) is 16.7. The van der Waals surface area contributed by atoms with Gasteiger partial charge in [-0.15, -0.1) is 5.11 Å². The molecule has 0 aliphatic carbocycles. The van der Waals surface area contributed by atoms with Gasteiger partial charge in [0.2, 0.25) is 0 Å². The van der Waals surface area contributed by atoms with Gasteiger partial charge in [0, 0.05) is 29.5 Å². The lowest BCUT2D eigenvalue weighted by Gasteiger charge is -2.10. The molecule has 0 radical (unpaired) electrons. The molecule has 0 heterocycles. The lowest BCUT2D eigenvalue weighted by atomic mass is 10.1. The van der Waals surface area contributed by atoms with Crippen molar-refractivity contribution < 1.29 is 4.74 Å². The summed E-state index contributed by atoms with van der Waals surface area (Å²) in [6.45, 7) is 1.85. The molecular formula is C25H24N4O. The maximum absolute atomic E-state index is 5.82. The topological polar surface area (TPSA) is 72.0 Å². The van der Waals surface area contributed by atoms with Crippen molar-refractivity contribution in [1.29, 1.82) is 0 Å². The Morgan fingerprint density at radius 2 is 1.47 bits per heavy atom. The number of rotatable bonds is 8. The van der Waals surface area contributed by atoms with Crippen LogP contribution in [-0.2, 0) is 6.61 Å². The van der Waals surface area contributed by atoms with E-state index in [1.165, 1.54) is 0 Å². The predicted molar refractivity (Wildman–Crippen MR) is 123 cm³/mol. The van der Waals surface area contributed by atoms with Gasteiger partial charge in [-0.1, -0.05) is 54.6 Å². The van der Waals surface area contributed by atoms with Crippen molar-refractivity contribution in [3.63, 3.8) is 0 Å². The number of hydrogen-bond acceptors (Lipinski definition) is 5. The van der Waals surface area contributed by atoms with Crippen molar-refractivity contribution in [2.45, 2.75) is 6.61 Å². The number of ether oxygens (including phenoxy) is 1. The Balaban J connectivity index is 1.47. The Morgan fingerprint density at radius 3 is 2.23 bits per heavy atom. The molecule has 0 fully saturated rings. The van der Waals surface area contributed by atoms with Gasteiger partial charge in [0.05, 0.1) is 11.4 Å². The van der Waals surface area contributed by atoms with Crippen LogP contribution in [0.2, 0.25) is 0 Å². The average Bonchev–Trinajstić information content (AvgIpc) is 2.81. The molecule has 5 nitrogen and oxygen atoms in total. The predicted octanol–water partition coefficient (Wildman–Crippen LogP) is 6.20. The highest BCUT2D eigenvalue weighted by Crippen LogP contribution is 2.33. The second-order valence-electron chi connectivity index (χ2n) is 6.86. The molecule has 0 amide bonds. The van der Waals surface area contributed by atoms with Crippen LogP contribution in [0.25, 0.3) is 10.8 Å². The molecule has 0 atom stereocenters. The van der Waals surface area contributed by atoms with E-state index in [1.807, 2.05) is 78.9 Å². The normalized spacial score (nSPS) is 11.1. The van der Waals surface area contributed by atoms with Gasteiger partial charge < -0.3 is 15.8 Å². The minimum atomic E-state index is 0.540. The Labute approximate surface area is 176 Å². The Hall–Kier alpha value is -3.70. The minimum absolute atomic E-state index is 0.540. The largest absolute Gasteiger partial charge is 0.489 e. The Bertz CT molecular complexity index is 1120. The highest BCUT2D eigenvalue weighted by molar-refractivity contribution is 6.00. The monoisotopic (exact) mass is 396 g/mol. The number of hydrogen-bond donors (Lipinski definition) is 2. The van der Waals surface area contributed by atoms with Crippen LogP contribution < -0.4 is 15.8 Å². The van der Waals surface area contributed by atoms with Crippen molar-refractivity contribution in [3.05, 3.63) is 96.6 Å². The Morgan fingerprint density at radius 1 is 0.733 bits per heavy atom. The third kappa shape index (κ3) is 4.82. The summed E-state index contributed by atoms with van der Waals surface area (Å²) in [4.78, 5) is 0. The molecule has 4 aromatic carbocycles. The van der Waals surface area contributed by atoms with Crippen molar-refractivity contribution >= 4 is 27.8 Å². The Kier molecular flexibility index (Phi) is 6.32. The SMILES string of the molecule is NCCNc1ccc(N=Nc2ccc(OCc3ccccc3)cc2)c2ccccc12. The van der Waals surface area contributed by atoms with Crippen LogP contribution in [0.15, 0.2) is 101 Å². The lowest BCUT2D eigenvalue weighted by Crippen LogP contribution is -2.13. The third-order valence-electron chi connectivity index (χ3n) is 4.72. The molecule has 5 heteroatoms. The summed E-state index contributed by atoms with van der Waals surface area (Å²) in [5, 5.41) is 14.4. The fourth-order valence-corrected chi connectivity index (χ4v) is 3.19. The molecule has 3 N–H and O–H groups in total. The van der Waals surface area contributed by atoms with Crippen molar-refractivity contribution in [2.24, 2.45) is 16.0 Å². The fraction of sp³-hybridized carbons (Fsp3) is 0.120. The number of nitrogens with two attached hydrogens (primary N) is 1. The van der Waals surface area contributed by atoms with Crippen molar-refractivity contribution in [2.75, 3.05) is 18.4 Å². The summed E-state index contributed by atoms with van der Waals surface area (Å²) in [7, 11) is 0. The first kappa shape index (κ1) is 19.6. The second kappa shape index (κ2) is 9.67. The van der Waals surface area contributed by atoms with Gasteiger partial charge in [-0.05, 0) is 42.0 Å². The molecule has 0 aromatic heterocycles. The zero-order chi connectivity index (χ0) is 20.6. The summed E-state index contributed by atoms with van der Waals surface area (Å²) in [5.41, 5.74) is 9.41. The standard InChI is InChI=1S/C25H24N4O/c26-16-17-27-24-14-15-25(23-9-5-4-8-22(23)24)29-28-20-10-12-21(13-11-20)30-18-19-6-2-1-3-7-19/h1-15,27H,16-18,26H2. The molecule has 4 aromatic rings. The number of anilines is 1. The van der Waals surface area contributed by atoms with Gasteiger partial charge in [-0.25, -0.2) is 0 Å². The van der Waals surface area contributed by atoms with Crippen LogP contribution >= 0.6 is 0 Å². The molecule has 4 rings (SSSR count). The molecular weight excluding hydrogens is 372 g/mol. The van der Waals surface area contributed by atoms with Crippen molar-refractivity contribution in [1.82, 2.24) is 0 Å². The molecule has 0 aliphatic rings. The van der Waals surface area contributed by atoms with E-state index < -0.39 is 0 Å². The van der Waals surface area contributed by atoms with Crippen LogP contribution in [0.5, 0.6) is 5.75 Å². The summed E-state index contributed by atoms with van der Waals surface area (Å²) >= 11 is 0. The molecule has 0 aliphatic heterocycles. The summed E-state index contributed by atoms with van der Waals surface area (Å²) in [5.74, 6) is 0.804. The van der Waals surface area contributed by atoms with Crippen LogP contribution in [0.4, 0.5) is 17.1 Å². The highest BCUT2D eigenvalue weighted by atomic mass is 16.5. The first-order valence-electron chi connectivity index (χ1n) is 9.98. The fourth-order valence-electron chi connectivity index (χ4n) is 3.19. The summed E-state index contributed by atoms with van der Waals surface area (Å²) in [6, 6.07) is 29.9. The van der Waals surface area contributed by atoms with Gasteiger partial charge in [0.15, 0.2) is 0 Å². The molecule has 0 unspecified atom stereocenters. The van der Waals surface area contributed by atoms with E-state index in [0.717, 1.165) is 45.7 Å². The quantitative estimate of drug-likeness (QED) is 0.348. The smallest absolute Gasteiger partial charge is 0.119 e. The van der Waals surface area contributed by atoms with E-state index in [4.69, 9.17) is 10.5 Å². The van der Waals surface area contributed by atoms with Crippen LogP contribution in [0.1, 0.15) is 5.56 Å². The van der Waals surface area contributed by atoms with Gasteiger partial charge in [-0.3, -0.25) is 0 Å². The van der Waals surface area contributed by atoms with E-state index in [2.05, 4.69) is 27.7 Å². The average molecular weight is 396 g/mol. The van der Waals surface area contributed by atoms with Crippen LogP contribution in [0.3, 0.4) is 0 Å². The number of benzene rings is 4. The van der Waals surface area contributed by atoms with Crippen molar-refractivity contribution in [3.8, 4) is 5.75 Å². The molecule has 30 heavy (non-hydrogen) atoms. The first-order chi connectivity index (χ1) is 14.8. The van der Waals surface area contributed by atoms with Gasteiger partial charge in [-0.2, -0.15) is 5.11 Å².